The molecule has 1 aromatic carbocycles. The van der Waals surface area contributed by atoms with Gasteiger partial charge in [-0.3, -0.25) is 0 Å². The smallest absolute Gasteiger partial charge is 0.337 e. The van der Waals surface area contributed by atoms with Gasteiger partial charge in [0.2, 0.25) is 6.29 Å². The van der Waals surface area contributed by atoms with Crippen molar-refractivity contribution < 1.29 is 63.5 Å². The summed E-state index contributed by atoms with van der Waals surface area (Å²) in [5, 5.41) is 51.2. The summed E-state index contributed by atoms with van der Waals surface area (Å²) < 4.78 is 32.5. The van der Waals surface area contributed by atoms with E-state index >= 15 is 0 Å². The second kappa shape index (κ2) is 12.6. The Bertz CT molecular complexity index is 1100. The van der Waals surface area contributed by atoms with Crippen molar-refractivity contribution in [1.82, 2.24) is 0 Å². The molecule has 5 N–H and O–H groups in total. The summed E-state index contributed by atoms with van der Waals surface area (Å²) in [6.07, 6.45) is -7.64. The lowest BCUT2D eigenvalue weighted by molar-refractivity contribution is -0.343. The van der Waals surface area contributed by atoms with E-state index in [2.05, 4.69) is 0 Å². The van der Waals surface area contributed by atoms with Crippen molar-refractivity contribution in [1.29, 1.82) is 0 Å². The van der Waals surface area contributed by atoms with E-state index < -0.39 is 85.5 Å². The summed E-state index contributed by atoms with van der Waals surface area (Å²) in [6.45, 7) is 0.989. The number of aliphatic hydroxyl groups is 5. The van der Waals surface area contributed by atoms with E-state index in [0.29, 0.717) is 11.3 Å². The standard InChI is InChI=1S/C27H34O13/c1-12-18-19(24(20(12)30)39-17(29)9-6-13-4-7-14(35-2)8-5-13)15(25(34)36-3)11-37-26(18)40-27-23(33)22(32)21(31)16(10-28)38-27/h4-9,11-12,16,18-24,26-28,30-33H,10H2,1-3H3/b9-6+/t12?,16-,18?,19-,20?,21-,22+,23-,24?,26+,27+/m1/s1. The molecule has 2 heterocycles. The van der Waals surface area contributed by atoms with Crippen molar-refractivity contribution >= 4 is 18.0 Å². The molecule has 0 spiro atoms. The molecule has 2 fully saturated rings. The molecule has 1 aliphatic carbocycles. The fraction of sp³-hybridized carbons (Fsp3) is 0.556. The van der Waals surface area contributed by atoms with E-state index in [1.807, 2.05) is 0 Å². The summed E-state index contributed by atoms with van der Waals surface area (Å²) >= 11 is 0. The van der Waals surface area contributed by atoms with Gasteiger partial charge in [0.15, 0.2) is 6.29 Å². The number of aliphatic hydroxyl groups excluding tert-OH is 5. The Morgan fingerprint density at radius 3 is 2.30 bits per heavy atom. The molecule has 4 unspecified atom stereocenters. The lowest BCUT2D eigenvalue weighted by atomic mass is 9.82. The van der Waals surface area contributed by atoms with E-state index in [9.17, 15) is 35.1 Å². The van der Waals surface area contributed by atoms with Crippen LogP contribution in [0.2, 0.25) is 0 Å². The predicted octanol–water partition coefficient (Wildman–Crippen LogP) is -0.907. The Hall–Kier alpha value is -3.04. The Balaban J connectivity index is 1.55. The molecule has 1 aromatic rings. The zero-order chi connectivity index (χ0) is 29.1. The number of carbonyl (C=O) groups excluding carboxylic acids is 2. The van der Waals surface area contributed by atoms with E-state index in [-0.39, 0.29) is 5.57 Å². The van der Waals surface area contributed by atoms with Crippen molar-refractivity contribution in [3.8, 4) is 5.75 Å². The normalized spacial score (nSPS) is 37.3. The average molecular weight is 567 g/mol. The lowest BCUT2D eigenvalue weighted by Gasteiger charge is -2.43. The van der Waals surface area contributed by atoms with Crippen LogP contribution in [0.15, 0.2) is 42.2 Å². The first-order chi connectivity index (χ1) is 19.1. The molecule has 220 valence electrons. The third-order valence-electron chi connectivity index (χ3n) is 7.57. The molecule has 2 aliphatic heterocycles. The summed E-state index contributed by atoms with van der Waals surface area (Å²) in [4.78, 5) is 25.4. The average Bonchev–Trinajstić information content (AvgIpc) is 3.21. The van der Waals surface area contributed by atoms with Crippen LogP contribution in [-0.2, 0) is 33.3 Å². The van der Waals surface area contributed by atoms with Gasteiger partial charge < -0.3 is 54.0 Å². The zero-order valence-corrected chi connectivity index (χ0v) is 22.1. The van der Waals surface area contributed by atoms with Crippen molar-refractivity contribution in [2.75, 3.05) is 20.8 Å². The van der Waals surface area contributed by atoms with Crippen molar-refractivity contribution in [3.05, 3.63) is 47.7 Å². The van der Waals surface area contributed by atoms with Gasteiger partial charge >= 0.3 is 11.9 Å². The third-order valence-corrected chi connectivity index (χ3v) is 7.57. The van der Waals surface area contributed by atoms with Crippen LogP contribution in [0.4, 0.5) is 0 Å². The molecule has 4 rings (SSSR count). The minimum absolute atomic E-state index is 0.00138. The number of rotatable bonds is 8. The zero-order valence-electron chi connectivity index (χ0n) is 22.1. The Labute approximate surface area is 230 Å². The number of fused-ring (bicyclic) bond motifs is 1. The van der Waals surface area contributed by atoms with Gasteiger partial charge in [-0.1, -0.05) is 19.1 Å². The largest absolute Gasteiger partial charge is 0.497 e. The quantitative estimate of drug-likeness (QED) is 0.192. The first kappa shape index (κ1) is 29.9. The van der Waals surface area contributed by atoms with E-state index in [1.165, 1.54) is 26.4 Å². The Morgan fingerprint density at radius 1 is 0.975 bits per heavy atom. The molecule has 13 nitrogen and oxygen atoms in total. The number of carbonyl (C=O) groups is 2. The maximum absolute atomic E-state index is 12.8. The molecule has 3 aliphatic rings. The van der Waals surface area contributed by atoms with Gasteiger partial charge in [-0.2, -0.15) is 0 Å². The van der Waals surface area contributed by atoms with Crippen molar-refractivity contribution in [2.24, 2.45) is 17.8 Å². The van der Waals surface area contributed by atoms with Crippen LogP contribution in [-0.4, -0.2) is 108 Å². The molecular formula is C27H34O13. The summed E-state index contributed by atoms with van der Waals surface area (Å²) in [5.41, 5.74) is 0.701. The molecule has 0 amide bonds. The SMILES string of the molecule is COC(=O)C1=CO[C@@H](O[C@@H]2O[C@H](CO)[C@@H](O)[C@H](O)[C@H]2O)C2C(C)C(O)C(OC(=O)/C=C/c3ccc(OC)cc3)[C@H]12. The molecule has 13 heteroatoms. The van der Waals surface area contributed by atoms with Gasteiger partial charge in [-0.25, -0.2) is 9.59 Å². The van der Waals surface area contributed by atoms with Crippen molar-refractivity contribution in [2.45, 2.75) is 56.1 Å². The monoisotopic (exact) mass is 566 g/mol. The second-order valence-electron chi connectivity index (χ2n) is 9.86. The maximum atomic E-state index is 12.8. The Morgan fingerprint density at radius 2 is 1.68 bits per heavy atom. The summed E-state index contributed by atoms with van der Waals surface area (Å²) in [5.74, 6) is -3.27. The molecule has 40 heavy (non-hydrogen) atoms. The van der Waals surface area contributed by atoms with E-state index in [1.54, 1.807) is 31.2 Å². The van der Waals surface area contributed by atoms with Gasteiger partial charge in [0, 0.05) is 17.9 Å². The highest BCUT2D eigenvalue weighted by Crippen LogP contribution is 2.49. The van der Waals surface area contributed by atoms with Gasteiger partial charge in [-0.15, -0.1) is 0 Å². The van der Waals surface area contributed by atoms with Crippen LogP contribution in [0.1, 0.15) is 12.5 Å². The third kappa shape index (κ3) is 5.86. The van der Waals surface area contributed by atoms with E-state index in [0.717, 1.165) is 6.26 Å². The minimum atomic E-state index is -1.70. The number of esters is 2. The van der Waals surface area contributed by atoms with Crippen molar-refractivity contribution in [3.63, 3.8) is 0 Å². The molecule has 0 bridgehead atoms. The maximum Gasteiger partial charge on any atom is 0.337 e. The number of hydrogen-bond donors (Lipinski definition) is 5. The number of benzene rings is 1. The Kier molecular flexibility index (Phi) is 9.46. The van der Waals surface area contributed by atoms with Gasteiger partial charge in [0.05, 0.1) is 38.8 Å². The topological polar surface area (TPSA) is 191 Å². The van der Waals surface area contributed by atoms with Crippen LogP contribution in [0.5, 0.6) is 5.75 Å². The number of hydrogen-bond acceptors (Lipinski definition) is 13. The van der Waals surface area contributed by atoms with Gasteiger partial charge in [0.1, 0.15) is 36.3 Å². The van der Waals surface area contributed by atoms with Crippen LogP contribution < -0.4 is 4.74 Å². The number of ether oxygens (including phenoxy) is 6. The first-order valence-electron chi connectivity index (χ1n) is 12.7. The molecule has 1 saturated carbocycles. The molecule has 11 atom stereocenters. The lowest BCUT2D eigenvalue weighted by Crippen LogP contribution is -2.60. The molecule has 0 radical (unpaired) electrons. The highest BCUT2D eigenvalue weighted by atomic mass is 16.8. The van der Waals surface area contributed by atoms with Gasteiger partial charge in [0.25, 0.3) is 0 Å². The summed E-state index contributed by atoms with van der Waals surface area (Å²) in [6, 6.07) is 6.93. The fourth-order valence-corrected chi connectivity index (χ4v) is 5.33. The van der Waals surface area contributed by atoms with Crippen LogP contribution in [0.3, 0.4) is 0 Å². The van der Waals surface area contributed by atoms with Crippen LogP contribution >= 0.6 is 0 Å². The fourth-order valence-electron chi connectivity index (χ4n) is 5.33. The minimum Gasteiger partial charge on any atom is -0.497 e. The van der Waals surface area contributed by atoms with E-state index in [4.69, 9.17) is 28.4 Å². The first-order valence-corrected chi connectivity index (χ1v) is 12.7. The number of methoxy groups -OCH3 is 2. The van der Waals surface area contributed by atoms with Crippen LogP contribution in [0, 0.1) is 17.8 Å². The van der Waals surface area contributed by atoms with Crippen LogP contribution in [0.25, 0.3) is 6.08 Å². The highest BCUT2D eigenvalue weighted by Gasteiger charge is 2.59. The molecule has 1 saturated heterocycles. The molecule has 0 aromatic heterocycles. The van der Waals surface area contributed by atoms with Gasteiger partial charge in [-0.05, 0) is 29.7 Å². The second-order valence-corrected chi connectivity index (χ2v) is 9.86. The predicted molar refractivity (Wildman–Crippen MR) is 134 cm³/mol. The highest BCUT2D eigenvalue weighted by molar-refractivity contribution is 5.90. The molecular weight excluding hydrogens is 532 g/mol. The summed E-state index contributed by atoms with van der Waals surface area (Å²) in [7, 11) is 2.71.